The molecule has 1 aliphatic heterocycles. The predicted molar refractivity (Wildman–Crippen MR) is 44.2 cm³/mol. The average Bonchev–Trinajstić information content (AvgIpc) is 2.54. The van der Waals surface area contributed by atoms with Crippen molar-refractivity contribution in [3.63, 3.8) is 0 Å². The van der Waals surface area contributed by atoms with Gasteiger partial charge in [-0.1, -0.05) is 0 Å². The third-order valence-corrected chi connectivity index (χ3v) is 1.98. The molecule has 14 heavy (non-hydrogen) atoms. The van der Waals surface area contributed by atoms with E-state index in [1.54, 1.807) is 0 Å². The number of nitrogens with one attached hydrogen (secondary N) is 2. The van der Waals surface area contributed by atoms with Crippen LogP contribution in [0.3, 0.4) is 0 Å². The van der Waals surface area contributed by atoms with E-state index in [0.717, 1.165) is 0 Å². The summed E-state index contributed by atoms with van der Waals surface area (Å²) in [6.45, 7) is 0. The first-order valence-corrected chi connectivity index (χ1v) is 3.85. The van der Waals surface area contributed by atoms with Crippen LogP contribution >= 0.6 is 0 Å². The lowest BCUT2D eigenvalue weighted by Gasteiger charge is -2.27. The summed E-state index contributed by atoms with van der Waals surface area (Å²) in [6.07, 6.45) is -0.910. The van der Waals surface area contributed by atoms with Crippen molar-refractivity contribution in [2.45, 2.75) is 12.0 Å². The molecule has 2 amide bonds. The molecule has 0 bridgehead atoms. The molecule has 80 valence electrons. The van der Waals surface area contributed by atoms with E-state index in [0.29, 0.717) is 0 Å². The van der Waals surface area contributed by atoms with Gasteiger partial charge in [-0.3, -0.25) is 5.32 Å². The molecule has 0 aromatic heterocycles. The topological polar surface area (TPSA) is 85.9 Å². The van der Waals surface area contributed by atoms with Crippen LogP contribution < -0.4 is 10.6 Å². The normalized spacial score (nSPS) is 30.8. The molecule has 1 heterocycles. The van der Waals surface area contributed by atoms with Gasteiger partial charge >= 0.3 is 12.0 Å². The Morgan fingerprint density at radius 1 is 1.43 bits per heavy atom. The number of carbonyl (C=O) groups is 2. The highest BCUT2D eigenvalue weighted by Gasteiger charge is 2.55. The Labute approximate surface area is 80.7 Å². The zero-order valence-corrected chi connectivity index (χ0v) is 8.12. The summed E-state index contributed by atoms with van der Waals surface area (Å²) in [7, 11) is 3.81. The first-order chi connectivity index (χ1) is 6.60. The lowest BCUT2D eigenvalue weighted by molar-refractivity contribution is -0.185. The third kappa shape index (κ3) is 1.40. The van der Waals surface area contributed by atoms with E-state index in [9.17, 15) is 9.59 Å². The summed E-state index contributed by atoms with van der Waals surface area (Å²) in [5, 5.41) is 4.66. The maximum absolute atomic E-state index is 11.4. The second-order valence-corrected chi connectivity index (χ2v) is 2.65. The molecule has 1 fully saturated rings. The first-order valence-electron chi connectivity index (χ1n) is 3.85. The molecule has 0 spiro atoms. The monoisotopic (exact) mass is 204 g/mol. The van der Waals surface area contributed by atoms with Crippen molar-refractivity contribution in [1.82, 2.24) is 10.6 Å². The van der Waals surface area contributed by atoms with Gasteiger partial charge < -0.3 is 19.5 Å². The van der Waals surface area contributed by atoms with Crippen LogP contribution in [-0.2, 0) is 19.0 Å². The van der Waals surface area contributed by atoms with Gasteiger partial charge in [-0.2, -0.15) is 0 Å². The highest BCUT2D eigenvalue weighted by atomic mass is 16.6. The van der Waals surface area contributed by atoms with Gasteiger partial charge in [-0.25, -0.2) is 9.59 Å². The Kier molecular flexibility index (Phi) is 2.92. The van der Waals surface area contributed by atoms with Crippen LogP contribution in [0.25, 0.3) is 0 Å². The van der Waals surface area contributed by atoms with Crippen molar-refractivity contribution in [1.29, 1.82) is 0 Å². The number of hydrogen-bond donors (Lipinski definition) is 2. The summed E-state index contributed by atoms with van der Waals surface area (Å²) in [5.41, 5.74) is -1.61. The number of rotatable bonds is 3. The standard InChI is InChI=1S/C7H12N2O5/c1-12-4-7(14-3,5(10)13-2)9-6(11)8-4/h4H,1-3H3,(H2,8,9,11)/t4-,7+/m0/s1. The van der Waals surface area contributed by atoms with E-state index in [2.05, 4.69) is 15.4 Å². The molecule has 0 radical (unpaired) electrons. The SMILES string of the molecule is COC(=O)[C@@]1(OC)NC(=O)N[C@H]1OC. The van der Waals surface area contributed by atoms with Gasteiger partial charge in [-0.15, -0.1) is 0 Å². The Hall–Kier alpha value is -1.34. The Morgan fingerprint density at radius 3 is 2.50 bits per heavy atom. The summed E-state index contributed by atoms with van der Waals surface area (Å²) in [5.74, 6) is -0.731. The van der Waals surface area contributed by atoms with E-state index < -0.39 is 24.0 Å². The Morgan fingerprint density at radius 2 is 2.07 bits per heavy atom. The second kappa shape index (κ2) is 3.81. The summed E-state index contributed by atoms with van der Waals surface area (Å²) in [4.78, 5) is 22.4. The number of urea groups is 1. The molecule has 0 unspecified atom stereocenters. The molecule has 2 atom stereocenters. The lowest BCUT2D eigenvalue weighted by Crippen LogP contribution is -2.58. The number of carbonyl (C=O) groups excluding carboxylic acids is 2. The molecule has 7 nitrogen and oxygen atoms in total. The van der Waals surface area contributed by atoms with Gasteiger partial charge in [0.1, 0.15) is 0 Å². The third-order valence-electron chi connectivity index (χ3n) is 1.98. The number of methoxy groups -OCH3 is 3. The minimum Gasteiger partial charge on any atom is -0.465 e. The fraction of sp³-hybridized carbons (Fsp3) is 0.714. The largest absolute Gasteiger partial charge is 0.465 e. The minimum absolute atomic E-state index is 0.552. The van der Waals surface area contributed by atoms with E-state index in [-0.39, 0.29) is 0 Å². The van der Waals surface area contributed by atoms with Crippen LogP contribution in [0.15, 0.2) is 0 Å². The number of hydrogen-bond acceptors (Lipinski definition) is 5. The molecule has 7 heteroatoms. The summed E-state index contributed by atoms with van der Waals surface area (Å²) in [6, 6.07) is -0.552. The van der Waals surface area contributed by atoms with Gasteiger partial charge in [0.2, 0.25) is 0 Å². The molecule has 1 rings (SSSR count). The minimum atomic E-state index is -1.61. The number of amides is 2. The van der Waals surface area contributed by atoms with Gasteiger partial charge in [0.25, 0.3) is 5.72 Å². The van der Waals surface area contributed by atoms with Crippen molar-refractivity contribution in [2.24, 2.45) is 0 Å². The molecule has 0 aromatic carbocycles. The highest BCUT2D eigenvalue weighted by molar-refractivity contribution is 5.90. The fourth-order valence-electron chi connectivity index (χ4n) is 1.27. The van der Waals surface area contributed by atoms with Crippen LogP contribution in [0.5, 0.6) is 0 Å². The van der Waals surface area contributed by atoms with Gasteiger partial charge in [0, 0.05) is 14.2 Å². The molecule has 1 aliphatic rings. The van der Waals surface area contributed by atoms with Crippen molar-refractivity contribution in [3.8, 4) is 0 Å². The maximum atomic E-state index is 11.4. The van der Waals surface area contributed by atoms with Gasteiger partial charge in [0.15, 0.2) is 6.23 Å². The quantitative estimate of drug-likeness (QED) is 0.563. The van der Waals surface area contributed by atoms with Crippen LogP contribution in [0.4, 0.5) is 4.79 Å². The molecule has 0 aliphatic carbocycles. The van der Waals surface area contributed by atoms with Crippen LogP contribution in [-0.4, -0.2) is 45.3 Å². The van der Waals surface area contributed by atoms with E-state index in [1.807, 2.05) is 0 Å². The van der Waals surface area contributed by atoms with E-state index >= 15 is 0 Å². The van der Waals surface area contributed by atoms with Crippen LogP contribution in [0.2, 0.25) is 0 Å². The zero-order valence-electron chi connectivity index (χ0n) is 8.12. The summed E-state index contributed by atoms with van der Waals surface area (Å²) >= 11 is 0. The molecule has 1 saturated heterocycles. The van der Waals surface area contributed by atoms with Gasteiger partial charge in [-0.05, 0) is 0 Å². The highest BCUT2D eigenvalue weighted by Crippen LogP contribution is 2.19. The van der Waals surface area contributed by atoms with Crippen LogP contribution in [0.1, 0.15) is 0 Å². The summed E-state index contributed by atoms with van der Waals surface area (Å²) < 4.78 is 14.3. The average molecular weight is 204 g/mol. The molecule has 0 saturated carbocycles. The van der Waals surface area contributed by atoms with E-state index in [1.165, 1.54) is 21.3 Å². The van der Waals surface area contributed by atoms with Gasteiger partial charge in [0.05, 0.1) is 7.11 Å². The fourth-order valence-corrected chi connectivity index (χ4v) is 1.27. The number of ether oxygens (including phenoxy) is 3. The van der Waals surface area contributed by atoms with Crippen molar-refractivity contribution < 1.29 is 23.8 Å². The molecular weight excluding hydrogens is 192 g/mol. The first kappa shape index (κ1) is 10.7. The van der Waals surface area contributed by atoms with Crippen molar-refractivity contribution >= 4 is 12.0 Å². The van der Waals surface area contributed by atoms with Crippen molar-refractivity contribution in [2.75, 3.05) is 21.3 Å². The Balaban J connectivity index is 2.96. The van der Waals surface area contributed by atoms with E-state index in [4.69, 9.17) is 9.47 Å². The lowest BCUT2D eigenvalue weighted by atomic mass is 10.2. The Bertz CT molecular complexity index is 256. The molecule has 0 aromatic rings. The van der Waals surface area contributed by atoms with Crippen LogP contribution in [0, 0.1) is 0 Å². The second-order valence-electron chi connectivity index (χ2n) is 2.65. The molecule has 2 N–H and O–H groups in total. The predicted octanol–water partition coefficient (Wildman–Crippen LogP) is -1.21. The molecular formula is C7H12N2O5. The maximum Gasteiger partial charge on any atom is 0.364 e. The smallest absolute Gasteiger partial charge is 0.364 e. The van der Waals surface area contributed by atoms with Crippen molar-refractivity contribution in [3.05, 3.63) is 0 Å². The number of esters is 1. The zero-order chi connectivity index (χ0) is 10.8.